The number of nitrogens with zero attached hydrogens (tertiary/aromatic N) is 4. The normalized spacial score (nSPS) is 16.7. The van der Waals surface area contributed by atoms with Gasteiger partial charge < -0.3 is 10.1 Å². The zero-order valence-corrected chi connectivity index (χ0v) is 23.5. The van der Waals surface area contributed by atoms with Crippen molar-refractivity contribution in [1.82, 2.24) is 18.8 Å². The van der Waals surface area contributed by atoms with E-state index < -0.39 is 45.7 Å². The van der Waals surface area contributed by atoms with Crippen LogP contribution in [0.3, 0.4) is 0 Å². The highest BCUT2D eigenvalue weighted by Gasteiger charge is 2.31. The molecule has 0 aliphatic carbocycles. The van der Waals surface area contributed by atoms with E-state index in [4.69, 9.17) is 4.74 Å². The van der Waals surface area contributed by atoms with Gasteiger partial charge in [0.25, 0.3) is 5.56 Å². The van der Waals surface area contributed by atoms with E-state index in [0.29, 0.717) is 18.4 Å². The van der Waals surface area contributed by atoms with Crippen molar-refractivity contribution in [3.8, 4) is 11.1 Å². The second-order valence-electron chi connectivity index (χ2n) is 10.5. The summed E-state index contributed by atoms with van der Waals surface area (Å²) in [4.78, 5) is 33.6. The van der Waals surface area contributed by atoms with E-state index in [-0.39, 0.29) is 54.7 Å². The first-order valence-electron chi connectivity index (χ1n) is 12.8. The van der Waals surface area contributed by atoms with E-state index in [1.807, 2.05) is 0 Å². The Morgan fingerprint density at radius 1 is 1.27 bits per heavy atom. The number of benzene rings is 1. The molecule has 0 amide bonds. The molecule has 0 spiro atoms. The fourth-order valence-corrected chi connectivity index (χ4v) is 5.40. The summed E-state index contributed by atoms with van der Waals surface area (Å²) in [5, 5.41) is 3.34. The van der Waals surface area contributed by atoms with Gasteiger partial charge in [-0.05, 0) is 51.8 Å². The quantitative estimate of drug-likeness (QED) is 0.171. The highest BCUT2D eigenvalue weighted by molar-refractivity contribution is 7.83. The molecule has 1 aromatic carbocycles. The Kier molecular flexibility index (Phi) is 8.78. The zero-order valence-electron chi connectivity index (χ0n) is 22.6. The highest BCUT2D eigenvalue weighted by Crippen LogP contribution is 2.31. The number of nitrogens with one attached hydrogen (secondary N) is 2. The number of anilines is 2. The van der Waals surface area contributed by atoms with E-state index in [2.05, 4.69) is 20.0 Å². The molecule has 1 aliphatic heterocycles. The molecule has 1 aliphatic rings. The highest BCUT2D eigenvalue weighted by atomic mass is 32.2. The number of pyridine rings is 1. The Balaban J connectivity index is 1.54. The first kappa shape index (κ1) is 29.5. The maximum absolute atomic E-state index is 15.5. The van der Waals surface area contributed by atoms with Crippen LogP contribution in [-0.4, -0.2) is 56.2 Å². The lowest BCUT2D eigenvalue weighted by atomic mass is 10.0. The summed E-state index contributed by atoms with van der Waals surface area (Å²) < 4.78 is 66.7. The van der Waals surface area contributed by atoms with Crippen LogP contribution in [0.4, 0.5) is 24.8 Å². The van der Waals surface area contributed by atoms with Gasteiger partial charge in [0.15, 0.2) is 5.82 Å². The lowest BCUT2D eigenvalue weighted by Crippen LogP contribution is -2.28. The SMILES string of the molecule is Cn1c(=O)c(-c2c(F)ccc(N[SH+](=O)N3CC[C@@H](F)C3)c2F)cc2cnc(NCCCC(=O)OC(C)(C)C)nc21. The smallest absolute Gasteiger partial charge is 0.306 e. The van der Waals surface area contributed by atoms with Crippen molar-refractivity contribution < 1.29 is 26.9 Å². The fourth-order valence-electron chi connectivity index (χ4n) is 4.26. The minimum absolute atomic E-state index is 0.0519. The lowest BCUT2D eigenvalue weighted by Gasteiger charge is -2.19. The molecule has 0 radical (unpaired) electrons. The Labute approximate surface area is 231 Å². The van der Waals surface area contributed by atoms with E-state index in [0.717, 1.165) is 16.7 Å². The number of rotatable bonds is 9. The predicted octanol–water partition coefficient (Wildman–Crippen LogP) is 3.79. The molecule has 10 nitrogen and oxygen atoms in total. The lowest BCUT2D eigenvalue weighted by molar-refractivity contribution is -0.154. The average Bonchev–Trinajstić information content (AvgIpc) is 3.32. The Bertz CT molecular complexity index is 1510. The minimum Gasteiger partial charge on any atom is -0.460 e. The Hall–Kier alpha value is -3.52. The van der Waals surface area contributed by atoms with Gasteiger partial charge in [-0.3, -0.25) is 14.2 Å². The number of hydrogen-bond donors (Lipinski definition) is 2. The van der Waals surface area contributed by atoms with Crippen LogP contribution in [-0.2, 0) is 32.0 Å². The molecule has 14 heteroatoms. The number of ether oxygens (including phenoxy) is 1. The van der Waals surface area contributed by atoms with E-state index in [1.54, 1.807) is 20.8 Å². The summed E-state index contributed by atoms with van der Waals surface area (Å²) >= 11 is -2.36. The van der Waals surface area contributed by atoms with Crippen LogP contribution < -0.4 is 15.6 Å². The maximum atomic E-state index is 15.5. The molecular weight excluding hydrogens is 549 g/mol. The standard InChI is InChI=1S/C26H31F3N6O4S/c1-26(2,3)39-20(36)6-5-10-30-25-31-13-15-12-17(24(37)34(4)23(15)32-25)21-18(28)7-8-19(22(21)29)33-40(38)35-11-9-16(27)14-35/h7-8,12-13,16H,5-6,9-11,14H2,1-4H3,(H,33,38)(H,30,31,32)/p+1/t16-,40?/m1/s1. The van der Waals surface area contributed by atoms with Gasteiger partial charge in [-0.1, -0.05) is 4.21 Å². The molecule has 40 heavy (non-hydrogen) atoms. The number of hydrogen-bond acceptors (Lipinski definition) is 7. The minimum atomic E-state index is -2.36. The summed E-state index contributed by atoms with van der Waals surface area (Å²) in [6.07, 6.45) is 1.18. The van der Waals surface area contributed by atoms with Gasteiger partial charge in [0.05, 0.1) is 17.7 Å². The molecule has 1 saturated heterocycles. The second-order valence-corrected chi connectivity index (χ2v) is 11.8. The van der Waals surface area contributed by atoms with Crippen LogP contribution in [0.5, 0.6) is 0 Å². The number of esters is 1. The molecule has 216 valence electrons. The van der Waals surface area contributed by atoms with Crippen molar-refractivity contribution in [3.05, 3.63) is 46.4 Å². The molecule has 4 rings (SSSR count). The third-order valence-corrected chi connectivity index (χ3v) is 7.46. The van der Waals surface area contributed by atoms with Crippen LogP contribution in [0.15, 0.2) is 29.2 Å². The number of halogens is 3. The van der Waals surface area contributed by atoms with Gasteiger partial charge >= 0.3 is 5.97 Å². The van der Waals surface area contributed by atoms with Crippen LogP contribution >= 0.6 is 0 Å². The summed E-state index contributed by atoms with van der Waals surface area (Å²) in [6, 6.07) is 3.35. The predicted molar refractivity (Wildman–Crippen MR) is 148 cm³/mol. The average molecular weight is 582 g/mol. The molecule has 3 aromatic rings. The second kappa shape index (κ2) is 11.9. The summed E-state index contributed by atoms with van der Waals surface area (Å²) in [5.41, 5.74) is -2.18. The first-order valence-corrected chi connectivity index (χ1v) is 14.0. The monoisotopic (exact) mass is 581 g/mol. The third kappa shape index (κ3) is 6.78. The van der Waals surface area contributed by atoms with Gasteiger partial charge in [0.2, 0.25) is 17.1 Å². The van der Waals surface area contributed by atoms with Crippen molar-refractivity contribution in [2.75, 3.05) is 29.7 Å². The van der Waals surface area contributed by atoms with E-state index in [1.165, 1.54) is 23.6 Å². The van der Waals surface area contributed by atoms with Crippen LogP contribution in [0.2, 0.25) is 0 Å². The van der Waals surface area contributed by atoms with Crippen molar-refractivity contribution in [3.63, 3.8) is 0 Å². The maximum Gasteiger partial charge on any atom is 0.306 e. The van der Waals surface area contributed by atoms with E-state index >= 15 is 4.39 Å². The zero-order chi connectivity index (χ0) is 29.2. The number of carbonyl (C=O) groups excluding carboxylic acids is 1. The van der Waals surface area contributed by atoms with Crippen LogP contribution in [0.1, 0.15) is 40.0 Å². The Morgan fingerprint density at radius 3 is 2.70 bits per heavy atom. The molecule has 2 aromatic heterocycles. The van der Waals surface area contributed by atoms with Crippen molar-refractivity contribution >= 4 is 39.8 Å². The topological polar surface area (TPSA) is 118 Å². The van der Waals surface area contributed by atoms with Crippen LogP contribution in [0, 0.1) is 11.6 Å². The van der Waals surface area contributed by atoms with E-state index in [9.17, 15) is 22.6 Å². The molecule has 1 unspecified atom stereocenters. The third-order valence-electron chi connectivity index (χ3n) is 6.15. The molecule has 0 bridgehead atoms. The molecular formula is C26H32F3N6O4S+. The molecule has 0 saturated carbocycles. The molecule has 2 N–H and O–H groups in total. The van der Waals surface area contributed by atoms with Gasteiger partial charge in [0, 0.05) is 38.1 Å². The number of aromatic nitrogens is 3. The van der Waals surface area contributed by atoms with Gasteiger partial charge in [-0.2, -0.15) is 9.71 Å². The fraction of sp³-hybridized carbons (Fsp3) is 0.462. The molecule has 3 heterocycles. The number of alkyl halides is 1. The first-order chi connectivity index (χ1) is 18.8. The molecule has 2 atom stereocenters. The summed E-state index contributed by atoms with van der Waals surface area (Å²) in [7, 11) is 1.42. The number of thiol groups is 1. The van der Waals surface area contributed by atoms with Crippen LogP contribution in [0.25, 0.3) is 22.2 Å². The summed E-state index contributed by atoms with van der Waals surface area (Å²) in [6.45, 7) is 5.94. The largest absolute Gasteiger partial charge is 0.460 e. The summed E-state index contributed by atoms with van der Waals surface area (Å²) in [5.74, 6) is -2.19. The van der Waals surface area contributed by atoms with Crippen molar-refractivity contribution in [2.24, 2.45) is 7.05 Å². The molecule has 1 fully saturated rings. The van der Waals surface area contributed by atoms with Gasteiger partial charge in [-0.25, -0.2) is 18.2 Å². The van der Waals surface area contributed by atoms with Gasteiger partial charge in [-0.15, -0.1) is 4.31 Å². The van der Waals surface area contributed by atoms with Crippen molar-refractivity contribution in [1.29, 1.82) is 0 Å². The Morgan fingerprint density at radius 2 is 2.02 bits per heavy atom. The number of fused-ring (bicyclic) bond motifs is 1. The number of aryl methyl sites for hydroxylation is 1. The number of carbonyl (C=O) groups is 1. The van der Waals surface area contributed by atoms with Gasteiger partial charge in [0.1, 0.15) is 28.9 Å². The van der Waals surface area contributed by atoms with Crippen molar-refractivity contribution in [2.45, 2.75) is 51.8 Å².